The van der Waals surface area contributed by atoms with Crippen LogP contribution in [0.25, 0.3) is 11.2 Å². The molecule has 0 bridgehead atoms. The summed E-state index contributed by atoms with van der Waals surface area (Å²) in [4.78, 5) is 8.44. The molecule has 0 spiro atoms. The summed E-state index contributed by atoms with van der Waals surface area (Å²) in [6, 6.07) is 8.16. The lowest BCUT2D eigenvalue weighted by Gasteiger charge is -2.05. The Morgan fingerprint density at radius 2 is 1.95 bits per heavy atom. The van der Waals surface area contributed by atoms with Crippen molar-refractivity contribution in [1.82, 2.24) is 25.0 Å². The van der Waals surface area contributed by atoms with E-state index in [1.165, 1.54) is 11.1 Å². The maximum atomic E-state index is 6.04. The molecule has 1 aromatic carbocycles. The van der Waals surface area contributed by atoms with E-state index in [4.69, 9.17) is 11.6 Å². The normalized spacial score (nSPS) is 11.1. The molecule has 5 nitrogen and oxygen atoms in total. The van der Waals surface area contributed by atoms with Crippen LogP contribution in [0.15, 0.2) is 24.3 Å². The van der Waals surface area contributed by atoms with Crippen molar-refractivity contribution in [2.45, 2.75) is 20.4 Å². The van der Waals surface area contributed by atoms with Gasteiger partial charge in [-0.2, -0.15) is 0 Å². The quantitative estimate of drug-likeness (QED) is 0.673. The van der Waals surface area contributed by atoms with E-state index in [1.807, 2.05) is 12.1 Å². The minimum Gasteiger partial charge on any atom is -0.222 e. The summed E-state index contributed by atoms with van der Waals surface area (Å²) in [5, 5.41) is 8.50. The average molecular weight is 274 g/mol. The van der Waals surface area contributed by atoms with E-state index < -0.39 is 0 Å². The third-order valence-electron chi connectivity index (χ3n) is 3.01. The molecule has 2 aromatic heterocycles. The van der Waals surface area contributed by atoms with Crippen LogP contribution in [0, 0.1) is 13.8 Å². The van der Waals surface area contributed by atoms with E-state index >= 15 is 0 Å². The third kappa shape index (κ3) is 2.17. The van der Waals surface area contributed by atoms with Crippen LogP contribution in [0.5, 0.6) is 0 Å². The fourth-order valence-corrected chi connectivity index (χ4v) is 2.23. The van der Waals surface area contributed by atoms with E-state index in [0.29, 0.717) is 28.7 Å². The molecule has 0 aliphatic heterocycles. The maximum absolute atomic E-state index is 6.04. The van der Waals surface area contributed by atoms with Gasteiger partial charge in [0.15, 0.2) is 16.3 Å². The average Bonchev–Trinajstić information content (AvgIpc) is 2.76. The lowest BCUT2D eigenvalue weighted by atomic mass is 10.1. The van der Waals surface area contributed by atoms with Crippen molar-refractivity contribution < 1.29 is 0 Å². The van der Waals surface area contributed by atoms with Crippen molar-refractivity contribution in [3.63, 3.8) is 0 Å². The van der Waals surface area contributed by atoms with Crippen molar-refractivity contribution >= 4 is 22.8 Å². The molecule has 0 amide bonds. The van der Waals surface area contributed by atoms with E-state index in [2.05, 4.69) is 39.3 Å². The first kappa shape index (κ1) is 12.0. The van der Waals surface area contributed by atoms with Crippen LogP contribution in [0.3, 0.4) is 0 Å². The first-order valence-electron chi connectivity index (χ1n) is 5.93. The third-order valence-corrected chi connectivity index (χ3v) is 3.28. The molecule has 0 radical (unpaired) electrons. The minimum atomic E-state index is 0.346. The van der Waals surface area contributed by atoms with Crippen LogP contribution in [-0.4, -0.2) is 25.0 Å². The van der Waals surface area contributed by atoms with Gasteiger partial charge in [0.05, 0.1) is 6.54 Å². The second-order valence-electron chi connectivity index (χ2n) is 4.41. The van der Waals surface area contributed by atoms with Crippen molar-refractivity contribution in [3.8, 4) is 0 Å². The number of rotatable bonds is 2. The number of aromatic nitrogens is 5. The van der Waals surface area contributed by atoms with Crippen LogP contribution in [0.1, 0.15) is 17.0 Å². The summed E-state index contributed by atoms with van der Waals surface area (Å²) < 4.78 is 1.75. The second kappa shape index (κ2) is 4.59. The van der Waals surface area contributed by atoms with Gasteiger partial charge < -0.3 is 0 Å². The molecule has 3 aromatic rings. The highest BCUT2D eigenvalue weighted by Crippen LogP contribution is 2.18. The SMILES string of the molecule is Cc1nc(Cl)c2nnn(Cc3ccccc3C)c2n1. The number of halogens is 1. The number of benzene rings is 1. The Bertz CT molecular complexity index is 750. The Hall–Kier alpha value is -2.01. The highest BCUT2D eigenvalue weighted by molar-refractivity contribution is 6.33. The molecule has 96 valence electrons. The molecule has 0 saturated carbocycles. The molecule has 0 N–H and O–H groups in total. The molecule has 0 atom stereocenters. The number of nitrogens with zero attached hydrogens (tertiary/aromatic N) is 5. The Kier molecular flexibility index (Phi) is 2.91. The predicted octanol–water partition coefficient (Wildman–Crippen LogP) is 2.54. The fraction of sp³-hybridized carbons (Fsp3) is 0.231. The highest BCUT2D eigenvalue weighted by Gasteiger charge is 2.12. The summed E-state index contributed by atoms with van der Waals surface area (Å²) in [5.41, 5.74) is 3.60. The summed E-state index contributed by atoms with van der Waals surface area (Å²) >= 11 is 6.04. The Balaban J connectivity index is 2.09. The Labute approximate surface area is 115 Å². The molecule has 0 unspecified atom stereocenters. The van der Waals surface area contributed by atoms with Crippen molar-refractivity contribution in [2.75, 3.05) is 0 Å². The van der Waals surface area contributed by atoms with Gasteiger partial charge in [0, 0.05) is 0 Å². The van der Waals surface area contributed by atoms with Gasteiger partial charge in [-0.3, -0.25) is 0 Å². The number of hydrogen-bond donors (Lipinski definition) is 0. The van der Waals surface area contributed by atoms with Gasteiger partial charge in [0.1, 0.15) is 5.82 Å². The maximum Gasteiger partial charge on any atom is 0.183 e. The smallest absolute Gasteiger partial charge is 0.183 e. The first-order valence-corrected chi connectivity index (χ1v) is 6.31. The predicted molar refractivity (Wildman–Crippen MR) is 73.1 cm³/mol. The number of hydrogen-bond acceptors (Lipinski definition) is 4. The zero-order valence-electron chi connectivity index (χ0n) is 10.6. The van der Waals surface area contributed by atoms with Crippen LogP contribution in [-0.2, 0) is 6.54 Å². The Morgan fingerprint density at radius 3 is 2.74 bits per heavy atom. The lowest BCUT2D eigenvalue weighted by Crippen LogP contribution is -2.05. The molecule has 0 aliphatic rings. The summed E-state index contributed by atoms with van der Waals surface area (Å²) in [6.07, 6.45) is 0. The fourth-order valence-electron chi connectivity index (χ4n) is 1.98. The van der Waals surface area contributed by atoms with E-state index in [1.54, 1.807) is 11.6 Å². The molecular formula is C13H12ClN5. The van der Waals surface area contributed by atoms with Gasteiger partial charge in [-0.15, -0.1) is 5.10 Å². The van der Waals surface area contributed by atoms with E-state index in [0.717, 1.165) is 0 Å². The molecular weight excluding hydrogens is 262 g/mol. The lowest BCUT2D eigenvalue weighted by molar-refractivity contribution is 0.661. The summed E-state index contributed by atoms with van der Waals surface area (Å²) in [6.45, 7) is 4.49. The standard InChI is InChI=1S/C13H12ClN5/c1-8-5-3-4-6-10(8)7-19-13-11(17-18-19)12(14)15-9(2)16-13/h3-6H,7H2,1-2H3. The summed E-state index contributed by atoms with van der Waals surface area (Å²) in [5.74, 6) is 0.617. The van der Waals surface area contributed by atoms with E-state index in [9.17, 15) is 0 Å². The van der Waals surface area contributed by atoms with Crippen molar-refractivity contribution in [3.05, 3.63) is 46.4 Å². The van der Waals surface area contributed by atoms with Gasteiger partial charge in [0.25, 0.3) is 0 Å². The van der Waals surface area contributed by atoms with Gasteiger partial charge >= 0.3 is 0 Å². The molecule has 0 saturated heterocycles. The molecule has 2 heterocycles. The van der Waals surface area contributed by atoms with Gasteiger partial charge in [-0.1, -0.05) is 41.1 Å². The molecule has 19 heavy (non-hydrogen) atoms. The second-order valence-corrected chi connectivity index (χ2v) is 4.77. The minimum absolute atomic E-state index is 0.346. The number of aryl methyl sites for hydroxylation is 2. The van der Waals surface area contributed by atoms with Gasteiger partial charge in [-0.25, -0.2) is 14.6 Å². The largest absolute Gasteiger partial charge is 0.222 e. The zero-order valence-corrected chi connectivity index (χ0v) is 11.4. The first-order chi connectivity index (χ1) is 9.15. The van der Waals surface area contributed by atoms with Gasteiger partial charge in [-0.05, 0) is 25.0 Å². The topological polar surface area (TPSA) is 56.5 Å². The Morgan fingerprint density at radius 1 is 1.16 bits per heavy atom. The van der Waals surface area contributed by atoms with Crippen molar-refractivity contribution in [2.24, 2.45) is 0 Å². The molecule has 6 heteroatoms. The van der Waals surface area contributed by atoms with Gasteiger partial charge in [0.2, 0.25) is 0 Å². The highest BCUT2D eigenvalue weighted by atomic mass is 35.5. The molecule has 0 aliphatic carbocycles. The van der Waals surface area contributed by atoms with Crippen molar-refractivity contribution in [1.29, 1.82) is 0 Å². The van der Waals surface area contributed by atoms with Crippen LogP contribution < -0.4 is 0 Å². The van der Waals surface area contributed by atoms with Crippen LogP contribution in [0.4, 0.5) is 0 Å². The molecule has 3 rings (SSSR count). The number of fused-ring (bicyclic) bond motifs is 1. The zero-order chi connectivity index (χ0) is 13.4. The van der Waals surface area contributed by atoms with Crippen LogP contribution >= 0.6 is 11.6 Å². The molecule has 0 fully saturated rings. The summed E-state index contributed by atoms with van der Waals surface area (Å²) in [7, 11) is 0. The van der Waals surface area contributed by atoms with Crippen LogP contribution in [0.2, 0.25) is 5.15 Å². The van der Waals surface area contributed by atoms with E-state index in [-0.39, 0.29) is 0 Å². The monoisotopic (exact) mass is 273 g/mol.